The van der Waals surface area contributed by atoms with E-state index in [1.807, 2.05) is 18.2 Å². The van der Waals surface area contributed by atoms with Gasteiger partial charge in [-0.1, -0.05) is 18.2 Å². The molecule has 2 aromatic carbocycles. The molecular weight excluding hydrogens is 386 g/mol. The fourth-order valence-corrected chi connectivity index (χ4v) is 3.42. The molecule has 30 heavy (non-hydrogen) atoms. The Balaban J connectivity index is 1.49. The van der Waals surface area contributed by atoms with Crippen LogP contribution in [-0.4, -0.2) is 68.6 Å². The Morgan fingerprint density at radius 3 is 2.30 bits per heavy atom. The molecule has 8 nitrogen and oxygen atoms in total. The van der Waals surface area contributed by atoms with Gasteiger partial charge in [-0.2, -0.15) is 0 Å². The number of ether oxygens (including phenoxy) is 3. The molecule has 2 amide bonds. The Labute approximate surface area is 176 Å². The van der Waals surface area contributed by atoms with Gasteiger partial charge in [0.25, 0.3) is 11.8 Å². The highest BCUT2D eigenvalue weighted by Gasteiger charge is 2.22. The number of hydrogen-bond donors (Lipinski definition) is 1. The Morgan fingerprint density at radius 2 is 1.63 bits per heavy atom. The second-order valence-corrected chi connectivity index (χ2v) is 7.00. The smallest absolute Gasteiger partial charge is 0.260 e. The average Bonchev–Trinajstić information content (AvgIpc) is 2.78. The molecule has 1 aliphatic rings. The SMILES string of the molecule is COc1ccc(CN2CCN(C(=O)COc3ccccc3C(N)=O)CC2)cc1OC. The predicted molar refractivity (Wildman–Crippen MR) is 112 cm³/mol. The number of benzene rings is 2. The van der Waals surface area contributed by atoms with Crippen molar-refractivity contribution in [3.8, 4) is 17.2 Å². The van der Waals surface area contributed by atoms with E-state index >= 15 is 0 Å². The molecule has 1 fully saturated rings. The van der Waals surface area contributed by atoms with Crippen molar-refractivity contribution in [1.29, 1.82) is 0 Å². The van der Waals surface area contributed by atoms with E-state index in [9.17, 15) is 9.59 Å². The van der Waals surface area contributed by atoms with Crippen LogP contribution in [0.15, 0.2) is 42.5 Å². The number of para-hydroxylation sites is 1. The molecule has 1 heterocycles. The fourth-order valence-electron chi connectivity index (χ4n) is 3.42. The van der Waals surface area contributed by atoms with Crippen LogP contribution in [0.4, 0.5) is 0 Å². The van der Waals surface area contributed by atoms with Gasteiger partial charge in [0.05, 0.1) is 19.8 Å². The number of piperazine rings is 1. The zero-order valence-corrected chi connectivity index (χ0v) is 17.3. The molecule has 0 aromatic heterocycles. The van der Waals surface area contributed by atoms with E-state index in [0.717, 1.165) is 25.2 Å². The molecule has 8 heteroatoms. The van der Waals surface area contributed by atoms with Gasteiger partial charge in [-0.25, -0.2) is 0 Å². The van der Waals surface area contributed by atoms with Gasteiger partial charge in [0, 0.05) is 32.7 Å². The summed E-state index contributed by atoms with van der Waals surface area (Å²) in [5, 5.41) is 0. The van der Waals surface area contributed by atoms with Gasteiger partial charge in [-0.3, -0.25) is 14.5 Å². The monoisotopic (exact) mass is 413 g/mol. The second-order valence-electron chi connectivity index (χ2n) is 7.00. The third kappa shape index (κ3) is 5.21. The van der Waals surface area contributed by atoms with E-state index in [-0.39, 0.29) is 18.1 Å². The van der Waals surface area contributed by atoms with Crippen LogP contribution in [0.25, 0.3) is 0 Å². The first-order chi connectivity index (χ1) is 14.5. The topological polar surface area (TPSA) is 94.3 Å². The summed E-state index contributed by atoms with van der Waals surface area (Å²) >= 11 is 0. The summed E-state index contributed by atoms with van der Waals surface area (Å²) in [6.45, 7) is 3.40. The van der Waals surface area contributed by atoms with Gasteiger partial charge < -0.3 is 24.8 Å². The van der Waals surface area contributed by atoms with Crippen LogP contribution in [0.3, 0.4) is 0 Å². The van der Waals surface area contributed by atoms with Crippen LogP contribution in [0.1, 0.15) is 15.9 Å². The van der Waals surface area contributed by atoms with Gasteiger partial charge in [0.2, 0.25) is 0 Å². The summed E-state index contributed by atoms with van der Waals surface area (Å²) < 4.78 is 16.2. The number of nitrogens with two attached hydrogens (primary N) is 1. The lowest BCUT2D eigenvalue weighted by atomic mass is 10.1. The molecule has 0 spiro atoms. The molecule has 2 N–H and O–H groups in total. The van der Waals surface area contributed by atoms with Crippen LogP contribution in [-0.2, 0) is 11.3 Å². The third-order valence-electron chi connectivity index (χ3n) is 5.08. The van der Waals surface area contributed by atoms with Crippen molar-refractivity contribution in [2.24, 2.45) is 5.73 Å². The summed E-state index contributed by atoms with van der Waals surface area (Å²) in [7, 11) is 3.24. The molecule has 2 aromatic rings. The van der Waals surface area contributed by atoms with Crippen molar-refractivity contribution in [2.75, 3.05) is 47.0 Å². The largest absolute Gasteiger partial charge is 0.493 e. The number of nitrogens with zero attached hydrogens (tertiary/aromatic N) is 2. The van der Waals surface area contributed by atoms with Crippen LogP contribution < -0.4 is 19.9 Å². The molecule has 160 valence electrons. The van der Waals surface area contributed by atoms with E-state index in [2.05, 4.69) is 4.90 Å². The van der Waals surface area contributed by atoms with Crippen molar-refractivity contribution in [2.45, 2.75) is 6.54 Å². The van der Waals surface area contributed by atoms with Gasteiger partial charge >= 0.3 is 0 Å². The zero-order valence-electron chi connectivity index (χ0n) is 17.3. The van der Waals surface area contributed by atoms with Crippen LogP contribution in [0.2, 0.25) is 0 Å². The first-order valence-electron chi connectivity index (χ1n) is 9.74. The van der Waals surface area contributed by atoms with Crippen molar-refractivity contribution in [3.63, 3.8) is 0 Å². The van der Waals surface area contributed by atoms with Crippen molar-refractivity contribution < 1.29 is 23.8 Å². The molecule has 0 radical (unpaired) electrons. The summed E-state index contributed by atoms with van der Waals surface area (Å²) in [6.07, 6.45) is 0. The Hall–Kier alpha value is -3.26. The number of amides is 2. The molecule has 0 aliphatic carbocycles. The Morgan fingerprint density at radius 1 is 0.933 bits per heavy atom. The quantitative estimate of drug-likeness (QED) is 0.705. The molecule has 3 rings (SSSR count). The predicted octanol–water partition coefficient (Wildman–Crippen LogP) is 1.53. The lowest BCUT2D eigenvalue weighted by molar-refractivity contribution is -0.135. The molecule has 0 saturated carbocycles. The summed E-state index contributed by atoms with van der Waals surface area (Å²) in [5.41, 5.74) is 6.73. The maximum absolute atomic E-state index is 12.5. The molecule has 0 atom stereocenters. The number of primary amides is 1. The molecular formula is C22H27N3O5. The lowest BCUT2D eigenvalue weighted by Gasteiger charge is -2.34. The maximum Gasteiger partial charge on any atom is 0.260 e. The maximum atomic E-state index is 12.5. The number of carbonyl (C=O) groups excluding carboxylic acids is 2. The van der Waals surface area contributed by atoms with Gasteiger partial charge in [0.1, 0.15) is 5.75 Å². The Kier molecular flexibility index (Phi) is 7.13. The van der Waals surface area contributed by atoms with E-state index < -0.39 is 5.91 Å². The van der Waals surface area contributed by atoms with E-state index in [1.165, 1.54) is 0 Å². The standard InChI is InChI=1S/C22H27N3O5/c1-28-19-8-7-16(13-20(19)29-2)14-24-9-11-25(12-10-24)21(26)15-30-18-6-4-3-5-17(18)22(23)27/h3-8,13H,9-12,14-15H2,1-2H3,(H2,23,27). The van der Waals surface area contributed by atoms with Crippen LogP contribution in [0.5, 0.6) is 17.2 Å². The first kappa shape index (κ1) is 21.4. The number of carbonyl (C=O) groups is 2. The number of rotatable bonds is 8. The Bertz CT molecular complexity index is 894. The van der Waals surface area contributed by atoms with Gasteiger partial charge in [0.15, 0.2) is 18.1 Å². The van der Waals surface area contributed by atoms with E-state index in [0.29, 0.717) is 30.3 Å². The van der Waals surface area contributed by atoms with E-state index in [1.54, 1.807) is 43.4 Å². The molecule has 0 unspecified atom stereocenters. The molecule has 1 aliphatic heterocycles. The average molecular weight is 413 g/mol. The van der Waals surface area contributed by atoms with Crippen molar-refractivity contribution in [3.05, 3.63) is 53.6 Å². The van der Waals surface area contributed by atoms with Crippen LogP contribution >= 0.6 is 0 Å². The minimum atomic E-state index is -0.582. The fraction of sp³-hybridized carbons (Fsp3) is 0.364. The van der Waals surface area contributed by atoms with E-state index in [4.69, 9.17) is 19.9 Å². The van der Waals surface area contributed by atoms with Gasteiger partial charge in [-0.15, -0.1) is 0 Å². The van der Waals surface area contributed by atoms with Crippen LogP contribution in [0, 0.1) is 0 Å². The molecule has 1 saturated heterocycles. The molecule has 0 bridgehead atoms. The third-order valence-corrected chi connectivity index (χ3v) is 5.08. The first-order valence-corrected chi connectivity index (χ1v) is 9.74. The number of methoxy groups -OCH3 is 2. The highest BCUT2D eigenvalue weighted by Crippen LogP contribution is 2.28. The minimum absolute atomic E-state index is 0.111. The second kappa shape index (κ2) is 9.98. The lowest BCUT2D eigenvalue weighted by Crippen LogP contribution is -2.49. The van der Waals surface area contributed by atoms with Gasteiger partial charge in [-0.05, 0) is 29.8 Å². The number of hydrogen-bond acceptors (Lipinski definition) is 6. The highest BCUT2D eigenvalue weighted by molar-refractivity contribution is 5.95. The normalized spacial score (nSPS) is 14.3. The summed E-state index contributed by atoms with van der Waals surface area (Å²) in [4.78, 5) is 28.0. The highest BCUT2D eigenvalue weighted by atomic mass is 16.5. The van der Waals surface area contributed by atoms with Crippen molar-refractivity contribution >= 4 is 11.8 Å². The van der Waals surface area contributed by atoms with Crippen molar-refractivity contribution in [1.82, 2.24) is 9.80 Å². The minimum Gasteiger partial charge on any atom is -0.493 e. The zero-order chi connectivity index (χ0) is 21.5. The summed E-state index contributed by atoms with van der Waals surface area (Å²) in [5.74, 6) is 1.04. The summed E-state index contributed by atoms with van der Waals surface area (Å²) in [6, 6.07) is 12.5.